The summed E-state index contributed by atoms with van der Waals surface area (Å²) in [5.74, 6) is -0.184. The zero-order valence-corrected chi connectivity index (χ0v) is 6.08. The van der Waals surface area contributed by atoms with E-state index in [4.69, 9.17) is 0 Å². The van der Waals surface area contributed by atoms with Crippen LogP contribution in [0, 0.1) is 0 Å². The first-order valence-electron chi connectivity index (χ1n) is 3.31. The van der Waals surface area contributed by atoms with Crippen molar-refractivity contribution in [3.8, 4) is 0 Å². The second-order valence-corrected chi connectivity index (χ2v) is 2.06. The number of carbonyl (C=O) groups excluding carboxylic acids is 1. The lowest BCUT2D eigenvalue weighted by Gasteiger charge is -1.98. The van der Waals surface area contributed by atoms with Gasteiger partial charge >= 0.3 is 0 Å². The van der Waals surface area contributed by atoms with Gasteiger partial charge in [0.2, 0.25) is 5.91 Å². The third-order valence-corrected chi connectivity index (χ3v) is 1.23. The highest BCUT2D eigenvalue weighted by Gasteiger charge is 1.92. The van der Waals surface area contributed by atoms with Crippen LogP contribution in [0.2, 0.25) is 0 Å². The van der Waals surface area contributed by atoms with Crippen LogP contribution in [0.25, 0.3) is 0 Å². The zero-order chi connectivity index (χ0) is 8.10. The summed E-state index contributed by atoms with van der Waals surface area (Å²) < 4.78 is 0. The van der Waals surface area contributed by atoms with Gasteiger partial charge in [0.05, 0.1) is 0 Å². The Bertz CT molecular complexity index is 254. The molecular weight excluding hydrogens is 150 g/mol. The molecule has 0 unspecified atom stereocenters. The number of hydrogen-bond acceptors (Lipinski definition) is 1. The fraction of sp³-hybridized carbons (Fsp3) is 0.100. The van der Waals surface area contributed by atoms with Gasteiger partial charge in [0.25, 0.3) is 0 Å². The van der Waals surface area contributed by atoms with Crippen LogP contribution in [-0.2, 0) is 4.79 Å². The third kappa shape index (κ3) is 3.01. The largest absolute Gasteiger partial charge is 0.323 e. The highest BCUT2D eigenvalue weighted by atomic mass is 16.1. The second-order valence-electron chi connectivity index (χ2n) is 2.06. The zero-order valence-electron chi connectivity index (χ0n) is 6.08. The molecule has 1 N–H and O–H groups in total. The van der Waals surface area contributed by atoms with E-state index in [0.717, 1.165) is 5.69 Å². The molecule has 0 aliphatic heterocycles. The van der Waals surface area contributed by atoms with E-state index in [1.165, 1.54) is 6.08 Å². The molecule has 0 saturated carbocycles. The first kappa shape index (κ1) is 10.4. The van der Waals surface area contributed by atoms with Crippen LogP contribution in [0.1, 0.15) is 7.43 Å². The summed E-state index contributed by atoms with van der Waals surface area (Å²) in [6.07, 6.45) is 1.24. The van der Waals surface area contributed by atoms with Crippen LogP contribution in [-0.4, -0.2) is 5.91 Å². The quantitative estimate of drug-likeness (QED) is 0.666. The molecule has 1 rings (SSSR count). The number of nitrogens with one attached hydrogen (secondary N) is 1. The average molecular weight is 163 g/mol. The van der Waals surface area contributed by atoms with E-state index in [1.54, 1.807) is 0 Å². The van der Waals surface area contributed by atoms with E-state index in [1.807, 2.05) is 30.3 Å². The Morgan fingerprint density at radius 3 is 2.42 bits per heavy atom. The molecule has 0 aromatic heterocycles. The van der Waals surface area contributed by atoms with E-state index in [2.05, 4.69) is 11.9 Å². The lowest BCUT2D eigenvalue weighted by molar-refractivity contribution is -0.111. The standard InChI is InChI=1S/C9H9NO.CH4/c1-2-9(11)10-8-6-4-3-5-7-8;/h2-7H,1H2,(H,10,11);1H4. The van der Waals surface area contributed by atoms with Crippen molar-refractivity contribution in [3.05, 3.63) is 43.0 Å². The minimum atomic E-state index is -0.184. The average Bonchev–Trinajstić information content (AvgIpc) is 2.06. The van der Waals surface area contributed by atoms with Crippen molar-refractivity contribution in [1.29, 1.82) is 0 Å². The van der Waals surface area contributed by atoms with Gasteiger partial charge in [-0.3, -0.25) is 4.79 Å². The van der Waals surface area contributed by atoms with Gasteiger partial charge in [-0.2, -0.15) is 0 Å². The predicted molar refractivity (Wildman–Crippen MR) is 52.0 cm³/mol. The Kier molecular flexibility index (Phi) is 4.46. The van der Waals surface area contributed by atoms with Crippen LogP contribution in [0.3, 0.4) is 0 Å². The third-order valence-electron chi connectivity index (χ3n) is 1.23. The summed E-state index contributed by atoms with van der Waals surface area (Å²) in [7, 11) is 0. The van der Waals surface area contributed by atoms with Gasteiger partial charge in [0.15, 0.2) is 0 Å². The lowest BCUT2D eigenvalue weighted by atomic mass is 10.3. The number of hydrogen-bond donors (Lipinski definition) is 1. The van der Waals surface area contributed by atoms with Crippen molar-refractivity contribution in [2.45, 2.75) is 7.43 Å². The number of rotatable bonds is 2. The number of amides is 1. The Morgan fingerprint density at radius 1 is 1.33 bits per heavy atom. The summed E-state index contributed by atoms with van der Waals surface area (Å²) >= 11 is 0. The molecule has 0 fully saturated rings. The Balaban J connectivity index is 0.00000121. The number of benzene rings is 1. The van der Waals surface area contributed by atoms with Crippen molar-refractivity contribution in [1.82, 2.24) is 0 Å². The highest BCUT2D eigenvalue weighted by molar-refractivity contribution is 5.98. The minimum absolute atomic E-state index is 0. The lowest BCUT2D eigenvalue weighted by Crippen LogP contribution is -2.06. The highest BCUT2D eigenvalue weighted by Crippen LogP contribution is 2.03. The Labute approximate surface area is 72.9 Å². The number of anilines is 1. The van der Waals surface area contributed by atoms with E-state index < -0.39 is 0 Å². The molecule has 0 aliphatic carbocycles. The summed E-state index contributed by atoms with van der Waals surface area (Å²) in [6.45, 7) is 3.34. The molecule has 0 radical (unpaired) electrons. The normalized spacial score (nSPS) is 8.00. The van der Waals surface area contributed by atoms with Gasteiger partial charge in [-0.15, -0.1) is 0 Å². The molecule has 0 heterocycles. The molecule has 0 aliphatic rings. The fourth-order valence-corrected chi connectivity index (χ4v) is 0.715. The van der Waals surface area contributed by atoms with Crippen molar-refractivity contribution in [2.75, 3.05) is 5.32 Å². The van der Waals surface area contributed by atoms with E-state index in [9.17, 15) is 4.79 Å². The van der Waals surface area contributed by atoms with Crippen LogP contribution in [0.5, 0.6) is 0 Å². The first-order chi connectivity index (χ1) is 5.33. The van der Waals surface area contributed by atoms with E-state index in [-0.39, 0.29) is 13.3 Å². The Hall–Kier alpha value is -1.57. The number of para-hydroxylation sites is 1. The molecule has 0 saturated heterocycles. The van der Waals surface area contributed by atoms with Crippen LogP contribution in [0.15, 0.2) is 43.0 Å². The molecule has 0 bridgehead atoms. The van der Waals surface area contributed by atoms with Crippen LogP contribution in [0.4, 0.5) is 5.69 Å². The maximum atomic E-state index is 10.8. The molecule has 64 valence electrons. The van der Waals surface area contributed by atoms with Crippen molar-refractivity contribution in [3.63, 3.8) is 0 Å². The maximum Gasteiger partial charge on any atom is 0.247 e. The molecule has 12 heavy (non-hydrogen) atoms. The fourth-order valence-electron chi connectivity index (χ4n) is 0.715. The maximum absolute atomic E-state index is 10.8. The van der Waals surface area contributed by atoms with Crippen LogP contribution >= 0.6 is 0 Å². The van der Waals surface area contributed by atoms with Gasteiger partial charge in [0.1, 0.15) is 0 Å². The smallest absolute Gasteiger partial charge is 0.247 e. The second kappa shape index (κ2) is 5.13. The van der Waals surface area contributed by atoms with Gasteiger partial charge in [-0.1, -0.05) is 32.2 Å². The SMILES string of the molecule is C.C=CC(=O)Nc1ccccc1. The summed E-state index contributed by atoms with van der Waals surface area (Å²) in [4.78, 5) is 10.8. The monoisotopic (exact) mass is 163 g/mol. The minimum Gasteiger partial charge on any atom is -0.323 e. The van der Waals surface area contributed by atoms with Gasteiger partial charge in [-0.25, -0.2) is 0 Å². The predicted octanol–water partition coefficient (Wildman–Crippen LogP) is 2.45. The molecule has 1 aromatic rings. The summed E-state index contributed by atoms with van der Waals surface area (Å²) in [5, 5.41) is 2.63. The van der Waals surface area contributed by atoms with E-state index >= 15 is 0 Å². The first-order valence-corrected chi connectivity index (χ1v) is 3.31. The molecule has 0 spiro atoms. The van der Waals surface area contributed by atoms with Crippen molar-refractivity contribution < 1.29 is 4.79 Å². The van der Waals surface area contributed by atoms with Crippen LogP contribution < -0.4 is 5.32 Å². The number of carbonyl (C=O) groups is 1. The van der Waals surface area contributed by atoms with Gasteiger partial charge in [0, 0.05) is 5.69 Å². The van der Waals surface area contributed by atoms with Crippen molar-refractivity contribution in [2.24, 2.45) is 0 Å². The van der Waals surface area contributed by atoms with Gasteiger partial charge in [-0.05, 0) is 18.2 Å². The topological polar surface area (TPSA) is 29.1 Å². The summed E-state index contributed by atoms with van der Waals surface area (Å²) in [5.41, 5.74) is 0.789. The van der Waals surface area contributed by atoms with E-state index in [0.29, 0.717) is 0 Å². The molecule has 1 aromatic carbocycles. The molecule has 1 amide bonds. The molecule has 2 heteroatoms. The molecular formula is C10H13NO. The Morgan fingerprint density at radius 2 is 1.92 bits per heavy atom. The molecule has 0 atom stereocenters. The molecule has 2 nitrogen and oxygen atoms in total. The van der Waals surface area contributed by atoms with Gasteiger partial charge < -0.3 is 5.32 Å². The van der Waals surface area contributed by atoms with Crippen molar-refractivity contribution >= 4 is 11.6 Å². The summed E-state index contributed by atoms with van der Waals surface area (Å²) in [6, 6.07) is 9.25.